The van der Waals surface area contributed by atoms with Crippen molar-refractivity contribution < 1.29 is 13.2 Å². The van der Waals surface area contributed by atoms with Gasteiger partial charge in [0.25, 0.3) is 5.56 Å². The smallest absolute Gasteiger partial charge is 0.265 e. The molecule has 186 valence electrons. The van der Waals surface area contributed by atoms with Crippen molar-refractivity contribution in [3.63, 3.8) is 0 Å². The van der Waals surface area contributed by atoms with Gasteiger partial charge in [0, 0.05) is 25.2 Å². The lowest BCUT2D eigenvalue weighted by molar-refractivity contribution is -0.116. The number of benzene rings is 2. The molecule has 5 rings (SSSR count). The highest BCUT2D eigenvalue weighted by molar-refractivity contribution is 7.94. The van der Waals surface area contributed by atoms with E-state index in [4.69, 9.17) is 16.6 Å². The number of nitrogens with zero attached hydrogens (tertiary/aromatic N) is 3. The summed E-state index contributed by atoms with van der Waals surface area (Å²) in [6, 6.07) is 15.7. The van der Waals surface area contributed by atoms with Crippen LogP contribution in [0.2, 0.25) is 4.34 Å². The first kappa shape index (κ1) is 24.7. The maximum Gasteiger partial charge on any atom is 0.265 e. The first-order valence-electron chi connectivity index (χ1n) is 11.6. The predicted octanol–water partition coefficient (Wildman–Crippen LogP) is 4.59. The van der Waals surface area contributed by atoms with Crippen LogP contribution in [0.15, 0.2) is 63.6 Å². The van der Waals surface area contributed by atoms with Crippen LogP contribution in [0, 0.1) is 6.92 Å². The number of fused-ring (bicyclic) bond motifs is 1. The van der Waals surface area contributed by atoms with E-state index >= 15 is 0 Å². The quantitative estimate of drug-likeness (QED) is 0.340. The SMILES string of the molecule is Cc1nc2cc(N3CCCC3)ccc2c(=O)n1-c1ccc(CC(=O)CS(=O)(=O)c2ccc(Cl)s2)cc1. The standard InChI is InChI=1S/C26H24ClN3O4S2/c1-17-28-23-15-20(29-12-2-3-13-29)8-9-22(23)26(32)30(17)19-6-4-18(5-7-19)14-21(31)16-36(33,34)25-11-10-24(27)35-25/h4-11,15H,2-3,12-14,16H2,1H3. The van der Waals surface area contributed by atoms with Gasteiger partial charge < -0.3 is 4.90 Å². The zero-order valence-corrected chi connectivity index (χ0v) is 22.0. The van der Waals surface area contributed by atoms with Crippen LogP contribution in [-0.4, -0.2) is 42.6 Å². The van der Waals surface area contributed by atoms with Crippen LogP contribution < -0.4 is 10.5 Å². The Labute approximate surface area is 217 Å². The minimum Gasteiger partial charge on any atom is -0.371 e. The molecule has 0 aliphatic carbocycles. The molecule has 1 aliphatic heterocycles. The number of carbonyl (C=O) groups excluding carboxylic acids is 1. The Morgan fingerprint density at radius 1 is 1.03 bits per heavy atom. The number of rotatable bonds is 7. The lowest BCUT2D eigenvalue weighted by Crippen LogP contribution is -2.23. The van der Waals surface area contributed by atoms with E-state index < -0.39 is 21.4 Å². The molecule has 1 fully saturated rings. The molecule has 1 saturated heterocycles. The van der Waals surface area contributed by atoms with Gasteiger partial charge in [-0.3, -0.25) is 14.2 Å². The molecule has 0 bridgehead atoms. The van der Waals surface area contributed by atoms with Gasteiger partial charge in [-0.25, -0.2) is 13.4 Å². The van der Waals surface area contributed by atoms with Crippen molar-refractivity contribution in [1.29, 1.82) is 0 Å². The fraction of sp³-hybridized carbons (Fsp3) is 0.269. The molecule has 0 N–H and O–H groups in total. The largest absolute Gasteiger partial charge is 0.371 e. The van der Waals surface area contributed by atoms with Crippen molar-refractivity contribution in [2.75, 3.05) is 23.7 Å². The second-order valence-electron chi connectivity index (χ2n) is 8.89. The average Bonchev–Trinajstić information content (AvgIpc) is 3.52. The number of ketones is 1. The number of anilines is 1. The van der Waals surface area contributed by atoms with Gasteiger partial charge in [-0.1, -0.05) is 23.7 Å². The Kier molecular flexibility index (Phi) is 6.72. The molecular formula is C26H24ClN3O4S2. The van der Waals surface area contributed by atoms with Crippen molar-refractivity contribution in [3.8, 4) is 5.69 Å². The average molecular weight is 542 g/mol. The van der Waals surface area contributed by atoms with Gasteiger partial charge >= 0.3 is 0 Å². The Morgan fingerprint density at radius 3 is 2.39 bits per heavy atom. The summed E-state index contributed by atoms with van der Waals surface area (Å²) in [6.45, 7) is 3.83. The van der Waals surface area contributed by atoms with E-state index in [1.165, 1.54) is 25.0 Å². The lowest BCUT2D eigenvalue weighted by atomic mass is 10.1. The fourth-order valence-electron chi connectivity index (χ4n) is 4.55. The molecule has 0 spiro atoms. The Hall–Kier alpha value is -3.01. The number of Topliss-reactive ketones (excluding diaryl/α,β-unsaturated/α-hetero) is 1. The summed E-state index contributed by atoms with van der Waals surface area (Å²) >= 11 is 6.76. The van der Waals surface area contributed by atoms with Crippen LogP contribution in [0.5, 0.6) is 0 Å². The van der Waals surface area contributed by atoms with Crippen LogP contribution in [0.1, 0.15) is 24.2 Å². The molecule has 10 heteroatoms. The Morgan fingerprint density at radius 2 is 1.72 bits per heavy atom. The third-order valence-electron chi connectivity index (χ3n) is 6.29. The van der Waals surface area contributed by atoms with Gasteiger partial charge in [0.2, 0.25) is 0 Å². The van der Waals surface area contributed by atoms with Crippen molar-refractivity contribution in [2.45, 2.75) is 30.4 Å². The van der Waals surface area contributed by atoms with Crippen LogP contribution in [0.3, 0.4) is 0 Å². The van der Waals surface area contributed by atoms with E-state index in [1.807, 2.05) is 18.2 Å². The van der Waals surface area contributed by atoms with E-state index in [-0.39, 0.29) is 16.2 Å². The van der Waals surface area contributed by atoms with E-state index in [0.717, 1.165) is 30.1 Å². The minimum atomic E-state index is -3.72. The Balaban J connectivity index is 1.35. The normalized spacial score (nSPS) is 14.0. The molecular weight excluding hydrogens is 518 g/mol. The van der Waals surface area contributed by atoms with E-state index in [0.29, 0.717) is 32.3 Å². The third kappa shape index (κ3) is 4.96. The summed E-state index contributed by atoms with van der Waals surface area (Å²) in [5.41, 5.74) is 2.90. The number of hydrogen-bond acceptors (Lipinski definition) is 7. The van der Waals surface area contributed by atoms with E-state index in [2.05, 4.69) is 4.90 Å². The summed E-state index contributed by atoms with van der Waals surface area (Å²) in [7, 11) is -3.72. The fourth-order valence-corrected chi connectivity index (χ4v) is 7.36. The zero-order valence-electron chi connectivity index (χ0n) is 19.6. The molecule has 36 heavy (non-hydrogen) atoms. The number of aromatic nitrogens is 2. The molecule has 7 nitrogen and oxygen atoms in total. The molecule has 0 amide bonds. The first-order chi connectivity index (χ1) is 17.2. The number of thiophene rings is 1. The topological polar surface area (TPSA) is 89.3 Å². The molecule has 0 saturated carbocycles. The maximum absolute atomic E-state index is 13.3. The third-order valence-corrected chi connectivity index (χ3v) is 9.78. The lowest BCUT2D eigenvalue weighted by Gasteiger charge is -2.18. The number of sulfone groups is 1. The van der Waals surface area contributed by atoms with E-state index in [1.54, 1.807) is 35.8 Å². The molecule has 4 aromatic rings. The molecule has 3 heterocycles. The summed E-state index contributed by atoms with van der Waals surface area (Å²) in [5, 5.41) is 0.543. The highest BCUT2D eigenvalue weighted by Crippen LogP contribution is 2.27. The van der Waals surface area contributed by atoms with Crippen molar-refractivity contribution >= 4 is 55.1 Å². The van der Waals surface area contributed by atoms with Crippen molar-refractivity contribution in [3.05, 3.63) is 80.7 Å². The maximum atomic E-state index is 13.3. The van der Waals surface area contributed by atoms with Gasteiger partial charge in [0.05, 0.1) is 20.9 Å². The molecule has 1 aliphatic rings. The van der Waals surface area contributed by atoms with Crippen LogP contribution >= 0.6 is 22.9 Å². The number of hydrogen-bond donors (Lipinski definition) is 0. The summed E-state index contributed by atoms with van der Waals surface area (Å²) < 4.78 is 26.9. The van der Waals surface area contributed by atoms with Crippen LogP contribution in [0.25, 0.3) is 16.6 Å². The highest BCUT2D eigenvalue weighted by atomic mass is 35.5. The van der Waals surface area contributed by atoms with Gasteiger partial charge in [-0.2, -0.15) is 0 Å². The second kappa shape index (κ2) is 9.80. The summed E-state index contributed by atoms with van der Waals surface area (Å²) in [6.07, 6.45) is 2.32. The summed E-state index contributed by atoms with van der Waals surface area (Å²) in [5.74, 6) is -0.435. The van der Waals surface area contributed by atoms with Gasteiger partial charge in [-0.05, 0) is 67.8 Å². The molecule has 2 aromatic heterocycles. The highest BCUT2D eigenvalue weighted by Gasteiger charge is 2.21. The molecule has 0 atom stereocenters. The predicted molar refractivity (Wildman–Crippen MR) is 144 cm³/mol. The summed E-state index contributed by atoms with van der Waals surface area (Å²) in [4.78, 5) is 32.8. The number of aryl methyl sites for hydroxylation is 1. The van der Waals surface area contributed by atoms with Crippen molar-refractivity contribution in [1.82, 2.24) is 9.55 Å². The van der Waals surface area contributed by atoms with E-state index in [9.17, 15) is 18.0 Å². The molecule has 2 aromatic carbocycles. The van der Waals surface area contributed by atoms with Gasteiger partial charge in [-0.15, -0.1) is 11.3 Å². The zero-order chi connectivity index (χ0) is 25.4. The molecule has 0 radical (unpaired) electrons. The first-order valence-corrected chi connectivity index (χ1v) is 14.4. The molecule has 0 unspecified atom stereocenters. The van der Waals surface area contributed by atoms with Gasteiger partial charge in [0.15, 0.2) is 15.6 Å². The van der Waals surface area contributed by atoms with Crippen LogP contribution in [0.4, 0.5) is 5.69 Å². The monoisotopic (exact) mass is 541 g/mol. The number of carbonyl (C=O) groups is 1. The van der Waals surface area contributed by atoms with Gasteiger partial charge in [0.1, 0.15) is 15.8 Å². The second-order valence-corrected chi connectivity index (χ2v) is 12.8. The number of halogens is 1. The van der Waals surface area contributed by atoms with Crippen molar-refractivity contribution in [2.24, 2.45) is 0 Å². The minimum absolute atomic E-state index is 0.0260. The Bertz CT molecular complexity index is 1620. The van der Waals surface area contributed by atoms with Crippen LogP contribution in [-0.2, 0) is 21.1 Å².